The number of piperidine rings is 1. The fourth-order valence-corrected chi connectivity index (χ4v) is 5.80. The van der Waals surface area contributed by atoms with Gasteiger partial charge in [-0.3, -0.25) is 0 Å². The van der Waals surface area contributed by atoms with Crippen molar-refractivity contribution in [2.75, 3.05) is 6.54 Å². The third kappa shape index (κ3) is 4.16. The quantitative estimate of drug-likeness (QED) is 0.545. The molecular formula is C24H23F2NO2S. The molecule has 0 radical (unpaired) electrons. The number of hydrogen-bond donors (Lipinski definition) is 0. The van der Waals surface area contributed by atoms with Gasteiger partial charge in [-0.15, -0.1) is 0 Å². The first-order valence-corrected chi connectivity index (χ1v) is 11.4. The van der Waals surface area contributed by atoms with Gasteiger partial charge >= 0.3 is 0 Å². The zero-order chi connectivity index (χ0) is 21.3. The van der Waals surface area contributed by atoms with Crippen molar-refractivity contribution in [2.24, 2.45) is 0 Å². The smallest absolute Gasteiger partial charge is 0.207 e. The molecule has 0 aliphatic carbocycles. The molecular weight excluding hydrogens is 404 g/mol. The predicted molar refractivity (Wildman–Crippen MR) is 113 cm³/mol. The van der Waals surface area contributed by atoms with Gasteiger partial charge in [0, 0.05) is 6.54 Å². The van der Waals surface area contributed by atoms with E-state index in [1.165, 1.54) is 28.6 Å². The van der Waals surface area contributed by atoms with Crippen LogP contribution in [0.5, 0.6) is 0 Å². The van der Waals surface area contributed by atoms with Crippen molar-refractivity contribution in [3.63, 3.8) is 0 Å². The molecule has 30 heavy (non-hydrogen) atoms. The summed E-state index contributed by atoms with van der Waals surface area (Å²) in [5, 5.41) is 0. The van der Waals surface area contributed by atoms with Gasteiger partial charge in [-0.05, 0) is 73.2 Å². The van der Waals surface area contributed by atoms with Crippen LogP contribution < -0.4 is 0 Å². The molecule has 1 saturated heterocycles. The van der Waals surface area contributed by atoms with Crippen LogP contribution in [-0.4, -0.2) is 19.3 Å². The van der Waals surface area contributed by atoms with Gasteiger partial charge in [-0.25, -0.2) is 17.2 Å². The second-order valence-corrected chi connectivity index (χ2v) is 9.67. The van der Waals surface area contributed by atoms with Crippen LogP contribution >= 0.6 is 0 Å². The van der Waals surface area contributed by atoms with E-state index in [0.717, 1.165) is 11.1 Å². The maximum absolute atomic E-state index is 14.0. The van der Waals surface area contributed by atoms with Crippen LogP contribution in [0.3, 0.4) is 0 Å². The Hall–Kier alpha value is -2.57. The Morgan fingerprint density at radius 1 is 0.867 bits per heavy atom. The molecule has 0 aromatic heterocycles. The lowest BCUT2D eigenvalue weighted by molar-refractivity contribution is 0.233. The molecule has 4 rings (SSSR count). The van der Waals surface area contributed by atoms with Crippen molar-refractivity contribution >= 4 is 10.0 Å². The van der Waals surface area contributed by atoms with Crippen molar-refractivity contribution < 1.29 is 17.2 Å². The number of sulfonamides is 1. The summed E-state index contributed by atoms with van der Waals surface area (Å²) in [6.07, 6.45) is 1.03. The van der Waals surface area contributed by atoms with Crippen LogP contribution in [-0.2, 0) is 10.0 Å². The molecule has 0 saturated carbocycles. The van der Waals surface area contributed by atoms with Crippen LogP contribution in [0.2, 0.25) is 0 Å². The minimum Gasteiger partial charge on any atom is -0.207 e. The number of nitrogens with zero attached hydrogens (tertiary/aromatic N) is 1. The summed E-state index contributed by atoms with van der Waals surface area (Å²) in [4.78, 5) is 0.221. The van der Waals surface area contributed by atoms with E-state index in [9.17, 15) is 17.2 Å². The molecule has 1 aliphatic rings. The van der Waals surface area contributed by atoms with E-state index in [1.807, 2.05) is 13.0 Å². The number of benzene rings is 3. The summed E-state index contributed by atoms with van der Waals surface area (Å²) < 4.78 is 56.1. The molecule has 2 atom stereocenters. The largest absolute Gasteiger partial charge is 0.243 e. The fourth-order valence-electron chi connectivity index (χ4n) is 4.16. The van der Waals surface area contributed by atoms with Crippen molar-refractivity contribution in [1.29, 1.82) is 0 Å². The molecule has 1 heterocycles. The van der Waals surface area contributed by atoms with E-state index in [-0.39, 0.29) is 23.2 Å². The normalized spacial score (nSPS) is 20.2. The molecule has 0 bridgehead atoms. The van der Waals surface area contributed by atoms with Crippen molar-refractivity contribution in [2.45, 2.75) is 36.6 Å². The number of halogens is 2. The van der Waals surface area contributed by atoms with Crippen molar-refractivity contribution in [3.05, 3.63) is 101 Å². The van der Waals surface area contributed by atoms with Gasteiger partial charge in [0.1, 0.15) is 11.6 Å². The molecule has 0 N–H and O–H groups in total. The average Bonchev–Trinajstić information content (AvgIpc) is 2.73. The standard InChI is InChI=1S/C24H23F2NO2S/c1-17-8-10-23(11-9-17)30(28,29)27-13-12-19(18-4-2-6-21(25)14-18)16-24(27)20-5-3-7-22(26)15-20/h2-11,14-15,19,24H,12-13,16H2,1H3. The van der Waals surface area contributed by atoms with E-state index in [4.69, 9.17) is 0 Å². The Balaban J connectivity index is 1.73. The van der Waals surface area contributed by atoms with Gasteiger partial charge in [0.05, 0.1) is 10.9 Å². The number of aryl methyl sites for hydroxylation is 1. The Morgan fingerprint density at radius 2 is 1.47 bits per heavy atom. The third-order valence-electron chi connectivity index (χ3n) is 5.73. The van der Waals surface area contributed by atoms with Gasteiger partial charge < -0.3 is 0 Å². The lowest BCUT2D eigenvalue weighted by Gasteiger charge is -2.39. The van der Waals surface area contributed by atoms with E-state index in [1.54, 1.807) is 42.5 Å². The van der Waals surface area contributed by atoms with E-state index in [0.29, 0.717) is 18.4 Å². The Bertz CT molecular complexity index is 1150. The van der Waals surface area contributed by atoms with E-state index in [2.05, 4.69) is 0 Å². The van der Waals surface area contributed by atoms with E-state index >= 15 is 0 Å². The molecule has 2 unspecified atom stereocenters. The Morgan fingerprint density at radius 3 is 2.10 bits per heavy atom. The molecule has 3 aromatic rings. The Labute approximate surface area is 176 Å². The van der Waals surface area contributed by atoms with Crippen molar-refractivity contribution in [3.8, 4) is 0 Å². The van der Waals surface area contributed by atoms with Crippen LogP contribution in [0.15, 0.2) is 77.7 Å². The predicted octanol–water partition coefficient (Wildman–Crippen LogP) is 5.58. The summed E-state index contributed by atoms with van der Waals surface area (Å²) >= 11 is 0. The van der Waals surface area contributed by atoms with Crippen molar-refractivity contribution in [1.82, 2.24) is 4.31 Å². The molecule has 156 valence electrons. The van der Waals surface area contributed by atoms with Crippen LogP contribution in [0.25, 0.3) is 0 Å². The van der Waals surface area contributed by atoms with Crippen LogP contribution in [0.1, 0.15) is 41.5 Å². The van der Waals surface area contributed by atoms with Gasteiger partial charge in [0.25, 0.3) is 0 Å². The lowest BCUT2D eigenvalue weighted by Crippen LogP contribution is -2.40. The molecule has 1 aliphatic heterocycles. The maximum Gasteiger partial charge on any atom is 0.243 e. The maximum atomic E-state index is 14.0. The van der Waals surface area contributed by atoms with Gasteiger partial charge in [-0.2, -0.15) is 4.31 Å². The fraction of sp³-hybridized carbons (Fsp3) is 0.250. The highest BCUT2D eigenvalue weighted by molar-refractivity contribution is 7.89. The summed E-state index contributed by atoms with van der Waals surface area (Å²) in [5.74, 6) is -0.740. The number of rotatable bonds is 4. The van der Waals surface area contributed by atoms with Gasteiger partial charge in [-0.1, -0.05) is 42.0 Å². The highest BCUT2D eigenvalue weighted by atomic mass is 32.2. The monoisotopic (exact) mass is 427 g/mol. The highest BCUT2D eigenvalue weighted by Gasteiger charge is 2.38. The second kappa shape index (κ2) is 8.28. The first-order valence-electron chi connectivity index (χ1n) is 9.94. The highest BCUT2D eigenvalue weighted by Crippen LogP contribution is 2.42. The van der Waals surface area contributed by atoms with E-state index < -0.39 is 21.9 Å². The van der Waals surface area contributed by atoms with Gasteiger partial charge in [0.2, 0.25) is 10.0 Å². The zero-order valence-electron chi connectivity index (χ0n) is 16.6. The summed E-state index contributed by atoms with van der Waals surface area (Å²) in [5.41, 5.74) is 2.41. The summed E-state index contributed by atoms with van der Waals surface area (Å²) in [6, 6.07) is 18.7. The minimum atomic E-state index is -3.77. The topological polar surface area (TPSA) is 37.4 Å². The molecule has 3 nitrogen and oxygen atoms in total. The van der Waals surface area contributed by atoms with Crippen LogP contribution in [0.4, 0.5) is 8.78 Å². The molecule has 0 spiro atoms. The van der Waals surface area contributed by atoms with Gasteiger partial charge in [0.15, 0.2) is 0 Å². The molecule has 6 heteroatoms. The SMILES string of the molecule is Cc1ccc(S(=O)(=O)N2CCC(c3cccc(F)c3)CC2c2cccc(F)c2)cc1. The average molecular weight is 428 g/mol. The molecule has 1 fully saturated rings. The summed E-state index contributed by atoms with van der Waals surface area (Å²) in [7, 11) is -3.77. The molecule has 3 aromatic carbocycles. The first-order chi connectivity index (χ1) is 14.3. The lowest BCUT2D eigenvalue weighted by atomic mass is 9.84. The zero-order valence-corrected chi connectivity index (χ0v) is 17.4. The van der Waals surface area contributed by atoms with Crippen LogP contribution in [0, 0.1) is 18.6 Å². The Kier molecular flexibility index (Phi) is 5.71. The first kappa shape index (κ1) is 20.7. The summed E-state index contributed by atoms with van der Waals surface area (Å²) in [6.45, 7) is 2.18. The third-order valence-corrected chi connectivity index (χ3v) is 7.66. The molecule has 0 amide bonds. The number of hydrogen-bond acceptors (Lipinski definition) is 2. The second-order valence-electron chi connectivity index (χ2n) is 7.78. The minimum absolute atomic E-state index is 0.0153.